The molecule has 2 unspecified atom stereocenters. The van der Waals surface area contributed by atoms with Gasteiger partial charge in [0.2, 0.25) is 0 Å². The third-order valence-electron chi connectivity index (χ3n) is 3.70. The molecule has 0 bridgehead atoms. The lowest BCUT2D eigenvalue weighted by molar-refractivity contribution is 0.0320. The smallest absolute Gasteiger partial charge is 0.0831 e. The molecule has 2 fully saturated rings. The SMILES string of the molecule is CC(COC1CCOC1)NCC1CCCC1. The predicted octanol–water partition coefficient (Wildman–Crippen LogP) is 1.96. The summed E-state index contributed by atoms with van der Waals surface area (Å²) in [6, 6.07) is 0.473. The summed E-state index contributed by atoms with van der Waals surface area (Å²) in [5.41, 5.74) is 0. The molecule has 0 aromatic rings. The second-order valence-electron chi connectivity index (χ2n) is 5.28. The van der Waals surface area contributed by atoms with E-state index in [1.54, 1.807) is 0 Å². The van der Waals surface area contributed by atoms with E-state index in [0.29, 0.717) is 12.1 Å². The Morgan fingerprint density at radius 1 is 1.31 bits per heavy atom. The minimum Gasteiger partial charge on any atom is -0.379 e. The lowest BCUT2D eigenvalue weighted by Gasteiger charge is -2.19. The van der Waals surface area contributed by atoms with Gasteiger partial charge in [0.05, 0.1) is 19.3 Å². The summed E-state index contributed by atoms with van der Waals surface area (Å²) in [6.45, 7) is 5.86. The van der Waals surface area contributed by atoms with Crippen LogP contribution in [0.3, 0.4) is 0 Å². The van der Waals surface area contributed by atoms with Crippen LogP contribution in [0.4, 0.5) is 0 Å². The Hall–Kier alpha value is -0.120. The number of ether oxygens (including phenoxy) is 2. The monoisotopic (exact) mass is 227 g/mol. The van der Waals surface area contributed by atoms with Crippen molar-refractivity contribution in [1.82, 2.24) is 5.32 Å². The van der Waals surface area contributed by atoms with Gasteiger partial charge < -0.3 is 14.8 Å². The molecule has 1 aliphatic heterocycles. The minimum absolute atomic E-state index is 0.343. The van der Waals surface area contributed by atoms with Gasteiger partial charge in [0.1, 0.15) is 0 Å². The molecular weight excluding hydrogens is 202 g/mol. The van der Waals surface area contributed by atoms with E-state index in [2.05, 4.69) is 12.2 Å². The van der Waals surface area contributed by atoms with Crippen LogP contribution in [-0.4, -0.2) is 38.5 Å². The van der Waals surface area contributed by atoms with E-state index in [4.69, 9.17) is 9.47 Å². The van der Waals surface area contributed by atoms with Gasteiger partial charge >= 0.3 is 0 Å². The number of hydrogen-bond acceptors (Lipinski definition) is 3. The van der Waals surface area contributed by atoms with Crippen molar-refractivity contribution in [2.45, 2.75) is 51.2 Å². The highest BCUT2D eigenvalue weighted by Crippen LogP contribution is 2.23. The third-order valence-corrected chi connectivity index (χ3v) is 3.70. The van der Waals surface area contributed by atoms with Crippen LogP contribution in [-0.2, 0) is 9.47 Å². The van der Waals surface area contributed by atoms with E-state index in [-0.39, 0.29) is 0 Å². The van der Waals surface area contributed by atoms with Gasteiger partial charge in [0.15, 0.2) is 0 Å². The van der Waals surface area contributed by atoms with Crippen LogP contribution >= 0.6 is 0 Å². The lowest BCUT2D eigenvalue weighted by atomic mass is 10.1. The zero-order chi connectivity index (χ0) is 11.2. The molecule has 1 N–H and O–H groups in total. The fraction of sp³-hybridized carbons (Fsp3) is 1.00. The molecule has 1 heterocycles. The number of hydrogen-bond donors (Lipinski definition) is 1. The topological polar surface area (TPSA) is 30.5 Å². The van der Waals surface area contributed by atoms with E-state index < -0.39 is 0 Å². The van der Waals surface area contributed by atoms with E-state index in [0.717, 1.165) is 32.2 Å². The zero-order valence-corrected chi connectivity index (χ0v) is 10.4. The molecule has 16 heavy (non-hydrogen) atoms. The quantitative estimate of drug-likeness (QED) is 0.752. The molecule has 2 rings (SSSR count). The van der Waals surface area contributed by atoms with Crippen molar-refractivity contribution < 1.29 is 9.47 Å². The fourth-order valence-electron chi connectivity index (χ4n) is 2.57. The molecule has 2 atom stereocenters. The lowest BCUT2D eigenvalue weighted by Crippen LogP contribution is -2.35. The summed E-state index contributed by atoms with van der Waals surface area (Å²) < 4.78 is 11.1. The van der Waals surface area contributed by atoms with Crippen molar-refractivity contribution in [3.8, 4) is 0 Å². The highest BCUT2D eigenvalue weighted by Gasteiger charge is 2.18. The van der Waals surface area contributed by atoms with Crippen molar-refractivity contribution in [2.24, 2.45) is 5.92 Å². The van der Waals surface area contributed by atoms with Crippen LogP contribution in [0.1, 0.15) is 39.0 Å². The van der Waals surface area contributed by atoms with Gasteiger partial charge in [-0.3, -0.25) is 0 Å². The first-order valence-electron chi connectivity index (χ1n) is 6.77. The highest BCUT2D eigenvalue weighted by atomic mass is 16.5. The maximum absolute atomic E-state index is 5.79. The molecule has 1 saturated carbocycles. The van der Waals surface area contributed by atoms with Crippen LogP contribution in [0.2, 0.25) is 0 Å². The van der Waals surface area contributed by atoms with Gasteiger partial charge in [-0.05, 0) is 38.6 Å². The Morgan fingerprint density at radius 3 is 2.81 bits per heavy atom. The molecule has 0 amide bonds. The molecule has 1 aliphatic carbocycles. The van der Waals surface area contributed by atoms with Crippen LogP contribution in [0, 0.1) is 5.92 Å². The first-order valence-corrected chi connectivity index (χ1v) is 6.77. The second-order valence-corrected chi connectivity index (χ2v) is 5.28. The van der Waals surface area contributed by atoms with Gasteiger partial charge in [-0.15, -0.1) is 0 Å². The van der Waals surface area contributed by atoms with Gasteiger partial charge in [0, 0.05) is 12.6 Å². The third kappa shape index (κ3) is 4.04. The number of nitrogens with one attached hydrogen (secondary N) is 1. The van der Waals surface area contributed by atoms with E-state index >= 15 is 0 Å². The predicted molar refractivity (Wildman–Crippen MR) is 64.6 cm³/mol. The fourth-order valence-corrected chi connectivity index (χ4v) is 2.57. The first-order chi connectivity index (χ1) is 7.84. The highest BCUT2D eigenvalue weighted by molar-refractivity contribution is 4.72. The molecule has 3 nitrogen and oxygen atoms in total. The standard InChI is InChI=1S/C13H25NO2/c1-11(9-16-13-6-7-15-10-13)14-8-12-4-2-3-5-12/h11-14H,2-10H2,1H3. The summed E-state index contributed by atoms with van der Waals surface area (Å²) in [5.74, 6) is 0.914. The summed E-state index contributed by atoms with van der Waals surface area (Å²) >= 11 is 0. The molecular formula is C13H25NO2. The molecule has 0 radical (unpaired) electrons. The summed E-state index contributed by atoms with van der Waals surface area (Å²) in [4.78, 5) is 0. The molecule has 3 heteroatoms. The van der Waals surface area contributed by atoms with Crippen molar-refractivity contribution in [3.63, 3.8) is 0 Å². The van der Waals surface area contributed by atoms with Crippen LogP contribution in [0.5, 0.6) is 0 Å². The Kier molecular flexibility index (Phi) is 5.07. The average Bonchev–Trinajstić information content (AvgIpc) is 2.96. The molecule has 0 aromatic carbocycles. The maximum Gasteiger partial charge on any atom is 0.0831 e. The molecule has 2 aliphatic rings. The molecule has 1 saturated heterocycles. The average molecular weight is 227 g/mol. The van der Waals surface area contributed by atoms with E-state index in [1.807, 2.05) is 0 Å². The normalized spacial score (nSPS) is 28.7. The Labute approximate surface area is 98.9 Å². The van der Waals surface area contributed by atoms with E-state index in [9.17, 15) is 0 Å². The van der Waals surface area contributed by atoms with Crippen molar-refractivity contribution in [2.75, 3.05) is 26.4 Å². The van der Waals surface area contributed by atoms with Crippen LogP contribution < -0.4 is 5.32 Å². The molecule has 94 valence electrons. The minimum atomic E-state index is 0.343. The van der Waals surface area contributed by atoms with Crippen molar-refractivity contribution in [1.29, 1.82) is 0 Å². The summed E-state index contributed by atoms with van der Waals surface area (Å²) in [6.07, 6.45) is 7.09. The number of rotatable bonds is 6. The summed E-state index contributed by atoms with van der Waals surface area (Å²) in [5, 5.41) is 3.58. The summed E-state index contributed by atoms with van der Waals surface area (Å²) in [7, 11) is 0. The van der Waals surface area contributed by atoms with Gasteiger partial charge in [-0.25, -0.2) is 0 Å². The second kappa shape index (κ2) is 6.58. The van der Waals surface area contributed by atoms with Gasteiger partial charge in [-0.1, -0.05) is 12.8 Å². The molecule has 0 aromatic heterocycles. The Balaban J connectivity index is 1.51. The van der Waals surface area contributed by atoms with Crippen molar-refractivity contribution >= 4 is 0 Å². The van der Waals surface area contributed by atoms with Crippen LogP contribution in [0.25, 0.3) is 0 Å². The first kappa shape index (κ1) is 12.3. The molecule has 0 spiro atoms. The largest absolute Gasteiger partial charge is 0.379 e. The Morgan fingerprint density at radius 2 is 2.12 bits per heavy atom. The van der Waals surface area contributed by atoms with E-state index in [1.165, 1.54) is 32.2 Å². The van der Waals surface area contributed by atoms with Crippen LogP contribution in [0.15, 0.2) is 0 Å². The van der Waals surface area contributed by atoms with Gasteiger partial charge in [-0.2, -0.15) is 0 Å². The zero-order valence-electron chi connectivity index (χ0n) is 10.4. The van der Waals surface area contributed by atoms with Gasteiger partial charge in [0.25, 0.3) is 0 Å². The van der Waals surface area contributed by atoms with Crippen molar-refractivity contribution in [3.05, 3.63) is 0 Å². The maximum atomic E-state index is 5.79. The Bertz CT molecular complexity index is 166.